The van der Waals surface area contributed by atoms with E-state index in [9.17, 15) is 19.2 Å². The minimum atomic E-state index is -1.15. The van der Waals surface area contributed by atoms with E-state index in [1.54, 1.807) is 30.0 Å². The Morgan fingerprint density at radius 3 is 2.60 bits per heavy atom. The first kappa shape index (κ1) is 19.6. The average Bonchev–Trinajstić information content (AvgIpc) is 3.26. The van der Waals surface area contributed by atoms with Crippen molar-refractivity contribution in [2.24, 2.45) is 5.92 Å². The van der Waals surface area contributed by atoms with Crippen LogP contribution in [0.5, 0.6) is 0 Å². The van der Waals surface area contributed by atoms with Crippen molar-refractivity contribution in [3.05, 3.63) is 65.7 Å². The van der Waals surface area contributed by atoms with E-state index in [2.05, 4.69) is 16.0 Å². The van der Waals surface area contributed by atoms with Gasteiger partial charge in [0, 0.05) is 25.2 Å². The molecule has 0 radical (unpaired) electrons. The molecule has 2 saturated heterocycles. The number of benzene rings is 2. The Bertz CT molecular complexity index is 1020. The first-order valence-electron chi connectivity index (χ1n) is 9.73. The SMILES string of the molecule is CC1(c2cccc(CNC(=O)C3CC(=O)N(c4ccccc4)C3)c2)NC(=O)NC1=O. The average molecular weight is 406 g/mol. The highest BCUT2D eigenvalue weighted by molar-refractivity contribution is 6.07. The van der Waals surface area contributed by atoms with Crippen LogP contribution in [0.3, 0.4) is 0 Å². The summed E-state index contributed by atoms with van der Waals surface area (Å²) < 4.78 is 0. The monoisotopic (exact) mass is 406 g/mol. The van der Waals surface area contributed by atoms with Crippen LogP contribution in [0.4, 0.5) is 10.5 Å². The minimum Gasteiger partial charge on any atom is -0.352 e. The summed E-state index contributed by atoms with van der Waals surface area (Å²) in [7, 11) is 0. The van der Waals surface area contributed by atoms with Crippen molar-refractivity contribution in [1.29, 1.82) is 0 Å². The summed E-state index contributed by atoms with van der Waals surface area (Å²) in [6, 6.07) is 15.9. The summed E-state index contributed by atoms with van der Waals surface area (Å²) >= 11 is 0. The molecule has 2 atom stereocenters. The molecule has 0 aromatic heterocycles. The van der Waals surface area contributed by atoms with E-state index < -0.39 is 23.4 Å². The number of anilines is 1. The second-order valence-electron chi connectivity index (χ2n) is 7.69. The van der Waals surface area contributed by atoms with Crippen molar-refractivity contribution in [2.75, 3.05) is 11.4 Å². The Balaban J connectivity index is 1.40. The van der Waals surface area contributed by atoms with Gasteiger partial charge in [0.05, 0.1) is 5.92 Å². The largest absolute Gasteiger partial charge is 0.352 e. The van der Waals surface area contributed by atoms with Crippen LogP contribution in [-0.2, 0) is 26.5 Å². The zero-order valence-corrected chi connectivity index (χ0v) is 16.5. The predicted molar refractivity (Wildman–Crippen MR) is 109 cm³/mol. The molecule has 5 amide bonds. The van der Waals surface area contributed by atoms with Gasteiger partial charge in [0.25, 0.3) is 5.91 Å². The highest BCUT2D eigenvalue weighted by Gasteiger charge is 2.43. The van der Waals surface area contributed by atoms with Crippen LogP contribution in [-0.4, -0.2) is 30.3 Å². The van der Waals surface area contributed by atoms with Crippen LogP contribution < -0.4 is 20.9 Å². The molecule has 2 aromatic carbocycles. The molecule has 4 rings (SSSR count). The van der Waals surface area contributed by atoms with Crippen molar-refractivity contribution in [2.45, 2.75) is 25.4 Å². The summed E-state index contributed by atoms with van der Waals surface area (Å²) in [6.07, 6.45) is 0.172. The van der Waals surface area contributed by atoms with Crippen LogP contribution >= 0.6 is 0 Å². The summed E-state index contributed by atoms with van der Waals surface area (Å²) in [5, 5.41) is 7.75. The minimum absolute atomic E-state index is 0.0701. The van der Waals surface area contributed by atoms with Crippen LogP contribution in [0.1, 0.15) is 24.5 Å². The highest BCUT2D eigenvalue weighted by Crippen LogP contribution is 2.26. The van der Waals surface area contributed by atoms with Crippen molar-refractivity contribution in [1.82, 2.24) is 16.0 Å². The number of carbonyl (C=O) groups is 4. The number of nitrogens with one attached hydrogen (secondary N) is 3. The maximum absolute atomic E-state index is 12.6. The van der Waals surface area contributed by atoms with Crippen LogP contribution in [0, 0.1) is 5.92 Å². The predicted octanol–water partition coefficient (Wildman–Crippen LogP) is 1.41. The van der Waals surface area contributed by atoms with Gasteiger partial charge in [-0.2, -0.15) is 0 Å². The summed E-state index contributed by atoms with van der Waals surface area (Å²) in [5.74, 6) is -1.10. The zero-order chi connectivity index (χ0) is 21.3. The number of nitrogens with zero attached hydrogens (tertiary/aromatic N) is 1. The Kier molecular flexibility index (Phi) is 4.99. The molecule has 0 saturated carbocycles. The second kappa shape index (κ2) is 7.62. The van der Waals surface area contributed by atoms with Gasteiger partial charge < -0.3 is 15.5 Å². The number of hydrogen-bond donors (Lipinski definition) is 3. The number of urea groups is 1. The zero-order valence-electron chi connectivity index (χ0n) is 16.5. The molecule has 8 nitrogen and oxygen atoms in total. The number of rotatable bonds is 5. The van der Waals surface area contributed by atoms with Gasteiger partial charge in [-0.15, -0.1) is 0 Å². The summed E-state index contributed by atoms with van der Waals surface area (Å²) in [4.78, 5) is 50.2. The summed E-state index contributed by atoms with van der Waals surface area (Å²) in [5.41, 5.74) is 1.06. The lowest BCUT2D eigenvalue weighted by Gasteiger charge is -2.22. The third kappa shape index (κ3) is 3.63. The van der Waals surface area contributed by atoms with E-state index in [0.717, 1.165) is 11.3 Å². The number of imide groups is 1. The molecule has 154 valence electrons. The lowest BCUT2D eigenvalue weighted by Crippen LogP contribution is -2.40. The molecular weight excluding hydrogens is 384 g/mol. The Hall–Kier alpha value is -3.68. The smallest absolute Gasteiger partial charge is 0.322 e. The van der Waals surface area contributed by atoms with Gasteiger partial charge in [-0.1, -0.05) is 42.5 Å². The number of amides is 5. The van der Waals surface area contributed by atoms with Crippen molar-refractivity contribution in [3.8, 4) is 0 Å². The first-order valence-corrected chi connectivity index (χ1v) is 9.73. The molecule has 2 aromatic rings. The third-order valence-corrected chi connectivity index (χ3v) is 5.58. The van der Waals surface area contributed by atoms with Crippen LogP contribution in [0.15, 0.2) is 54.6 Å². The molecule has 2 fully saturated rings. The maximum atomic E-state index is 12.6. The number of hydrogen-bond acceptors (Lipinski definition) is 4. The van der Waals surface area contributed by atoms with Crippen molar-refractivity contribution in [3.63, 3.8) is 0 Å². The van der Waals surface area contributed by atoms with Gasteiger partial charge in [0.1, 0.15) is 5.54 Å². The molecule has 0 bridgehead atoms. The van der Waals surface area contributed by atoms with Gasteiger partial charge in [0.15, 0.2) is 0 Å². The first-order chi connectivity index (χ1) is 14.4. The van der Waals surface area contributed by atoms with E-state index >= 15 is 0 Å². The lowest BCUT2D eigenvalue weighted by molar-refractivity contribution is -0.126. The summed E-state index contributed by atoms with van der Waals surface area (Å²) in [6.45, 7) is 2.24. The number of carbonyl (C=O) groups excluding carboxylic acids is 4. The molecule has 0 aliphatic carbocycles. The second-order valence-corrected chi connectivity index (χ2v) is 7.69. The molecule has 30 heavy (non-hydrogen) atoms. The van der Waals surface area contributed by atoms with E-state index in [4.69, 9.17) is 0 Å². The molecule has 2 aliphatic heterocycles. The lowest BCUT2D eigenvalue weighted by atomic mass is 9.91. The number of para-hydroxylation sites is 1. The normalized spacial score (nSPS) is 23.3. The fourth-order valence-corrected chi connectivity index (χ4v) is 3.81. The Morgan fingerprint density at radius 1 is 1.13 bits per heavy atom. The van der Waals surface area contributed by atoms with E-state index in [1.807, 2.05) is 36.4 Å². The fraction of sp³-hybridized carbons (Fsp3) is 0.273. The molecule has 2 heterocycles. The maximum Gasteiger partial charge on any atom is 0.322 e. The van der Waals surface area contributed by atoms with E-state index in [0.29, 0.717) is 12.1 Å². The molecule has 2 aliphatic rings. The highest BCUT2D eigenvalue weighted by atomic mass is 16.2. The third-order valence-electron chi connectivity index (χ3n) is 5.58. The molecule has 2 unspecified atom stereocenters. The van der Waals surface area contributed by atoms with Gasteiger partial charge >= 0.3 is 6.03 Å². The van der Waals surface area contributed by atoms with Gasteiger partial charge in [0.2, 0.25) is 11.8 Å². The molecular formula is C22H22N4O4. The van der Waals surface area contributed by atoms with E-state index in [1.165, 1.54) is 0 Å². The van der Waals surface area contributed by atoms with Gasteiger partial charge in [-0.3, -0.25) is 19.7 Å². The fourth-order valence-electron chi connectivity index (χ4n) is 3.81. The molecule has 0 spiro atoms. The molecule has 8 heteroatoms. The van der Waals surface area contributed by atoms with E-state index in [-0.39, 0.29) is 24.8 Å². The van der Waals surface area contributed by atoms with Crippen LogP contribution in [0.25, 0.3) is 0 Å². The Labute approximate surface area is 173 Å². The van der Waals surface area contributed by atoms with Crippen LogP contribution in [0.2, 0.25) is 0 Å². The van der Waals surface area contributed by atoms with Crippen molar-refractivity contribution < 1.29 is 19.2 Å². The molecule has 3 N–H and O–H groups in total. The van der Waals surface area contributed by atoms with Crippen molar-refractivity contribution >= 4 is 29.4 Å². The van der Waals surface area contributed by atoms with Gasteiger partial charge in [-0.05, 0) is 30.2 Å². The standard InChI is InChI=1S/C22H22N4O4/c1-22(20(29)24-21(30)25-22)16-7-5-6-14(10-16)12-23-19(28)15-11-18(27)26(13-15)17-8-3-2-4-9-17/h2-10,15H,11-13H2,1H3,(H,23,28)(H2,24,25,29,30). The van der Waals surface area contributed by atoms with Gasteiger partial charge in [-0.25, -0.2) is 4.79 Å². The topological polar surface area (TPSA) is 108 Å². The quantitative estimate of drug-likeness (QED) is 0.653. The Morgan fingerprint density at radius 2 is 1.90 bits per heavy atom.